The lowest BCUT2D eigenvalue weighted by atomic mass is 9.74. The van der Waals surface area contributed by atoms with Crippen molar-refractivity contribution in [1.82, 2.24) is 25.1 Å². The minimum absolute atomic E-state index is 0.00794. The van der Waals surface area contributed by atoms with E-state index in [1.54, 1.807) is 6.33 Å². The molecule has 0 saturated carbocycles. The Morgan fingerprint density at radius 1 is 1.25 bits per heavy atom. The molecule has 1 aliphatic heterocycles. The van der Waals surface area contributed by atoms with Crippen molar-refractivity contribution in [2.75, 3.05) is 31.1 Å². The topological polar surface area (TPSA) is 78.0 Å². The molecule has 2 aromatic heterocycles. The number of fused-ring (bicyclic) bond motifs is 2. The Morgan fingerprint density at radius 3 is 2.78 bits per heavy atom. The first-order chi connectivity index (χ1) is 15.5. The fraction of sp³-hybridized carbons (Fsp3) is 0.417. The Hall–Kier alpha value is -2.93. The standard InChI is InChI=1S/C24H27ClN6O/c1-4-21(32)30-5-7-31(8-6-30)24-17-9-14(2)16(11-19(17)26-13-27-24)22-18-12-28-29-20(18)10-15(3)23(22)25/h4,10,12-14,16H,1,5-9,11H2,2-3H3,(H,28,29)/t14-,16?/m1/s1. The van der Waals surface area contributed by atoms with Crippen LogP contribution in [0.2, 0.25) is 5.02 Å². The summed E-state index contributed by atoms with van der Waals surface area (Å²) in [5, 5.41) is 9.28. The van der Waals surface area contributed by atoms with Crippen LogP contribution in [0.3, 0.4) is 0 Å². The molecule has 1 fully saturated rings. The van der Waals surface area contributed by atoms with Crippen LogP contribution in [0.1, 0.15) is 35.2 Å². The van der Waals surface area contributed by atoms with Crippen molar-refractivity contribution in [3.05, 3.63) is 58.7 Å². The van der Waals surface area contributed by atoms with Crippen LogP contribution in [0.15, 0.2) is 31.2 Å². The second-order valence-corrected chi connectivity index (χ2v) is 9.26. The van der Waals surface area contributed by atoms with Crippen molar-refractivity contribution >= 4 is 34.2 Å². The number of amides is 1. The molecule has 1 amide bonds. The van der Waals surface area contributed by atoms with E-state index in [1.807, 2.05) is 18.0 Å². The number of nitrogens with one attached hydrogen (secondary N) is 1. The third-order valence-electron chi connectivity index (χ3n) is 6.98. The maximum Gasteiger partial charge on any atom is 0.246 e. The molecule has 3 heterocycles. The van der Waals surface area contributed by atoms with Gasteiger partial charge in [0.25, 0.3) is 0 Å². The Labute approximate surface area is 192 Å². The van der Waals surface area contributed by atoms with Gasteiger partial charge in [-0.1, -0.05) is 25.1 Å². The van der Waals surface area contributed by atoms with Gasteiger partial charge < -0.3 is 9.80 Å². The number of rotatable bonds is 3. The number of nitrogens with zero attached hydrogens (tertiary/aromatic N) is 5. The third kappa shape index (κ3) is 3.45. The summed E-state index contributed by atoms with van der Waals surface area (Å²) in [5.74, 6) is 1.65. The van der Waals surface area contributed by atoms with E-state index in [1.165, 1.54) is 17.2 Å². The summed E-state index contributed by atoms with van der Waals surface area (Å²) < 4.78 is 0. The van der Waals surface area contributed by atoms with Crippen LogP contribution in [0.4, 0.5) is 5.82 Å². The summed E-state index contributed by atoms with van der Waals surface area (Å²) in [4.78, 5) is 25.4. The van der Waals surface area contributed by atoms with Crippen molar-refractivity contribution in [2.45, 2.75) is 32.6 Å². The summed E-state index contributed by atoms with van der Waals surface area (Å²) in [7, 11) is 0. The molecule has 1 aliphatic carbocycles. The van der Waals surface area contributed by atoms with E-state index in [4.69, 9.17) is 11.6 Å². The van der Waals surface area contributed by atoms with Gasteiger partial charge in [0.1, 0.15) is 12.1 Å². The Kier molecular flexibility index (Phi) is 5.37. The number of aromatic nitrogens is 4. The van der Waals surface area contributed by atoms with E-state index >= 15 is 0 Å². The van der Waals surface area contributed by atoms with E-state index < -0.39 is 0 Å². The highest BCUT2D eigenvalue weighted by Gasteiger charge is 2.34. The average molecular weight is 451 g/mol. The molecule has 8 heteroatoms. The van der Waals surface area contributed by atoms with Crippen molar-refractivity contribution in [1.29, 1.82) is 0 Å². The fourth-order valence-corrected chi connectivity index (χ4v) is 5.51. The van der Waals surface area contributed by atoms with Crippen molar-refractivity contribution in [3.8, 4) is 0 Å². The molecule has 1 unspecified atom stereocenters. The maximum atomic E-state index is 11.9. The monoisotopic (exact) mass is 450 g/mol. The van der Waals surface area contributed by atoms with Crippen LogP contribution in [-0.2, 0) is 17.6 Å². The first-order valence-electron chi connectivity index (χ1n) is 11.1. The molecule has 7 nitrogen and oxygen atoms in total. The number of anilines is 1. The van der Waals surface area contributed by atoms with E-state index in [9.17, 15) is 4.79 Å². The second-order valence-electron chi connectivity index (χ2n) is 8.88. The van der Waals surface area contributed by atoms with Crippen LogP contribution in [0.5, 0.6) is 0 Å². The molecule has 166 valence electrons. The molecular weight excluding hydrogens is 424 g/mol. The van der Waals surface area contributed by atoms with Gasteiger partial charge in [-0.3, -0.25) is 9.89 Å². The molecule has 32 heavy (non-hydrogen) atoms. The number of hydrogen-bond donors (Lipinski definition) is 1. The zero-order chi connectivity index (χ0) is 22.4. The maximum absolute atomic E-state index is 11.9. The van der Waals surface area contributed by atoms with Gasteiger partial charge >= 0.3 is 0 Å². The summed E-state index contributed by atoms with van der Waals surface area (Å²) in [5.41, 5.74) is 5.58. The lowest BCUT2D eigenvalue weighted by Crippen LogP contribution is -2.49. The molecule has 5 rings (SSSR count). The Morgan fingerprint density at radius 2 is 2.03 bits per heavy atom. The van der Waals surface area contributed by atoms with E-state index in [0.29, 0.717) is 19.0 Å². The summed E-state index contributed by atoms with van der Waals surface area (Å²) in [6.45, 7) is 10.8. The van der Waals surface area contributed by atoms with Crippen molar-refractivity contribution < 1.29 is 4.79 Å². The predicted molar refractivity (Wildman–Crippen MR) is 126 cm³/mol. The van der Waals surface area contributed by atoms with E-state index in [2.05, 4.69) is 44.6 Å². The fourth-order valence-electron chi connectivity index (χ4n) is 5.22. The van der Waals surface area contributed by atoms with Gasteiger partial charge in [-0.25, -0.2) is 9.97 Å². The van der Waals surface area contributed by atoms with Gasteiger partial charge in [0.2, 0.25) is 5.91 Å². The Balaban J connectivity index is 1.46. The first-order valence-corrected chi connectivity index (χ1v) is 11.5. The number of carbonyl (C=O) groups excluding carboxylic acids is 1. The van der Waals surface area contributed by atoms with Gasteiger partial charge in [0.05, 0.1) is 11.7 Å². The highest BCUT2D eigenvalue weighted by atomic mass is 35.5. The van der Waals surface area contributed by atoms with E-state index in [0.717, 1.165) is 58.9 Å². The smallest absolute Gasteiger partial charge is 0.246 e. The quantitative estimate of drug-likeness (QED) is 0.616. The lowest BCUT2D eigenvalue weighted by Gasteiger charge is -2.38. The molecule has 0 spiro atoms. The highest BCUT2D eigenvalue weighted by molar-refractivity contribution is 6.33. The normalized spacial score (nSPS) is 21.0. The van der Waals surface area contributed by atoms with Crippen LogP contribution in [0.25, 0.3) is 10.9 Å². The number of aryl methyl sites for hydroxylation is 1. The summed E-state index contributed by atoms with van der Waals surface area (Å²) >= 11 is 6.84. The molecule has 3 aromatic rings. The average Bonchev–Trinajstić information content (AvgIpc) is 3.27. The zero-order valence-electron chi connectivity index (χ0n) is 18.4. The van der Waals surface area contributed by atoms with E-state index in [-0.39, 0.29) is 11.8 Å². The highest BCUT2D eigenvalue weighted by Crippen LogP contribution is 2.44. The van der Waals surface area contributed by atoms with Crippen molar-refractivity contribution in [2.24, 2.45) is 5.92 Å². The molecule has 0 radical (unpaired) electrons. The van der Waals surface area contributed by atoms with Gasteiger partial charge in [-0.15, -0.1) is 0 Å². The lowest BCUT2D eigenvalue weighted by molar-refractivity contribution is -0.126. The van der Waals surface area contributed by atoms with Crippen LogP contribution >= 0.6 is 11.6 Å². The minimum atomic E-state index is -0.00794. The molecule has 2 atom stereocenters. The summed E-state index contributed by atoms with van der Waals surface area (Å²) in [6.07, 6.45) is 6.66. The SMILES string of the molecule is C=CC(=O)N1CCN(c2ncnc3c2C[C@@H](C)C(c2c(Cl)c(C)cc4[nH]ncc24)C3)CC1. The molecule has 1 N–H and O–H groups in total. The minimum Gasteiger partial charge on any atom is -0.353 e. The van der Waals surface area contributed by atoms with Gasteiger partial charge in [0.15, 0.2) is 0 Å². The number of piperazine rings is 1. The predicted octanol–water partition coefficient (Wildman–Crippen LogP) is 3.67. The molecular formula is C24H27ClN6O. The molecule has 1 saturated heterocycles. The molecule has 2 aliphatic rings. The van der Waals surface area contributed by atoms with Gasteiger partial charge in [0, 0.05) is 47.8 Å². The largest absolute Gasteiger partial charge is 0.353 e. The molecule has 0 bridgehead atoms. The number of aromatic amines is 1. The van der Waals surface area contributed by atoms with Crippen LogP contribution < -0.4 is 4.90 Å². The zero-order valence-corrected chi connectivity index (χ0v) is 19.2. The van der Waals surface area contributed by atoms with Gasteiger partial charge in [-0.2, -0.15) is 5.10 Å². The number of H-pyrrole nitrogens is 1. The second kappa shape index (κ2) is 8.20. The van der Waals surface area contributed by atoms with Gasteiger partial charge in [-0.05, 0) is 54.9 Å². The molecule has 1 aromatic carbocycles. The Bertz CT molecular complexity index is 1200. The van der Waals surface area contributed by atoms with Crippen LogP contribution in [0, 0.1) is 12.8 Å². The third-order valence-corrected chi connectivity index (χ3v) is 7.48. The number of halogens is 1. The van der Waals surface area contributed by atoms with Crippen molar-refractivity contribution in [3.63, 3.8) is 0 Å². The summed E-state index contributed by atoms with van der Waals surface area (Å²) in [6, 6.07) is 2.06. The number of benzene rings is 1. The number of hydrogen-bond acceptors (Lipinski definition) is 5. The number of carbonyl (C=O) groups is 1. The first kappa shape index (κ1) is 20.9. The van der Waals surface area contributed by atoms with Crippen LogP contribution in [-0.4, -0.2) is 57.2 Å².